The maximum atomic E-state index is 12.0. The normalized spacial score (nSPS) is 19.9. The molecule has 6 nitrogen and oxygen atoms in total. The van der Waals surface area contributed by atoms with Crippen LogP contribution >= 0.6 is 7.28 Å². The summed E-state index contributed by atoms with van der Waals surface area (Å²) >= 11 is 0. The van der Waals surface area contributed by atoms with Crippen molar-refractivity contribution >= 4 is 29.6 Å². The van der Waals surface area contributed by atoms with Crippen LogP contribution in [0.3, 0.4) is 0 Å². The molecule has 0 N–H and O–H groups in total. The maximum Gasteiger partial charge on any atom is 0.294 e. The number of nitrogens with zero attached hydrogens (tertiary/aromatic N) is 3. The van der Waals surface area contributed by atoms with E-state index in [1.54, 1.807) is 18.2 Å². The molecule has 0 aromatic heterocycles. The van der Waals surface area contributed by atoms with Crippen LogP contribution in [0.1, 0.15) is 51.5 Å². The molecule has 1 heterocycles. The molecule has 0 bridgehead atoms. The first kappa shape index (κ1) is 25.4. The fourth-order valence-electron chi connectivity index (χ4n) is 5.57. The van der Waals surface area contributed by atoms with E-state index in [0.29, 0.717) is 5.69 Å². The van der Waals surface area contributed by atoms with Crippen molar-refractivity contribution < 1.29 is 9.45 Å². The Balaban J connectivity index is 1.80. The van der Waals surface area contributed by atoms with Crippen LogP contribution in [-0.2, 0) is 9.94 Å². The number of para-hydroxylation sites is 2. The summed E-state index contributed by atoms with van der Waals surface area (Å²) in [7, 11) is -0.796. The van der Waals surface area contributed by atoms with E-state index in [1.165, 1.54) is 18.1 Å². The van der Waals surface area contributed by atoms with E-state index < -0.39 is 7.28 Å². The van der Waals surface area contributed by atoms with E-state index in [-0.39, 0.29) is 22.1 Å². The summed E-state index contributed by atoms with van der Waals surface area (Å²) in [5, 5.41) is 12.9. The van der Waals surface area contributed by atoms with Crippen LogP contribution in [0.15, 0.2) is 95.1 Å². The Labute approximate surface area is 219 Å². The molecule has 3 aromatic carbocycles. The van der Waals surface area contributed by atoms with Gasteiger partial charge >= 0.3 is 0 Å². The van der Waals surface area contributed by atoms with Crippen molar-refractivity contribution in [3.63, 3.8) is 0 Å². The van der Waals surface area contributed by atoms with Crippen LogP contribution in [-0.4, -0.2) is 18.1 Å². The zero-order valence-corrected chi connectivity index (χ0v) is 22.6. The van der Waals surface area contributed by atoms with Gasteiger partial charge in [0.05, 0.1) is 11.0 Å². The summed E-state index contributed by atoms with van der Waals surface area (Å²) in [6, 6.07) is 25.3. The van der Waals surface area contributed by atoms with Crippen molar-refractivity contribution in [1.82, 2.24) is 0 Å². The Morgan fingerprint density at radius 2 is 1.62 bits per heavy atom. The number of rotatable bonds is 6. The molecule has 1 aliphatic carbocycles. The van der Waals surface area contributed by atoms with E-state index >= 15 is 0 Å². The molecule has 1 aliphatic heterocycles. The number of nitro benzene ring substituents is 1. The molecule has 0 amide bonds. The Hall–Kier alpha value is -3.21. The third kappa shape index (κ3) is 4.88. The number of anilines is 1. The molecular weight excluding hydrogens is 481 g/mol. The van der Waals surface area contributed by atoms with E-state index in [1.807, 2.05) is 18.2 Å². The zero-order chi connectivity index (χ0) is 26.0. The van der Waals surface area contributed by atoms with Gasteiger partial charge in [-0.15, -0.1) is 0 Å². The standard InChI is InChI=1S/C30H34N3O3P/c1-30(2)25-18-10-12-20-27(25)32(3)29(30)22-37(24-16-8-5-9-17-24,36-23-14-6-4-7-15-23)31-26-19-11-13-21-28(26)33(34)35/h5,8-13,16-23H,4,6-7,14-15H2,1-3H3/b29-22-. The van der Waals surface area contributed by atoms with Crippen LogP contribution < -0.4 is 10.2 Å². The fraction of sp³-hybridized carbons (Fsp3) is 0.333. The topological polar surface area (TPSA) is 68.0 Å². The highest BCUT2D eigenvalue weighted by atomic mass is 31.2. The molecule has 1 fully saturated rings. The molecule has 37 heavy (non-hydrogen) atoms. The van der Waals surface area contributed by atoms with Crippen LogP contribution in [0.5, 0.6) is 0 Å². The third-order valence-corrected chi connectivity index (χ3v) is 10.3. The lowest BCUT2D eigenvalue weighted by atomic mass is 9.84. The Morgan fingerprint density at radius 3 is 2.32 bits per heavy atom. The van der Waals surface area contributed by atoms with Crippen molar-refractivity contribution in [2.75, 3.05) is 11.9 Å². The lowest BCUT2D eigenvalue weighted by molar-refractivity contribution is -0.384. The van der Waals surface area contributed by atoms with Gasteiger partial charge in [0.25, 0.3) is 5.69 Å². The van der Waals surface area contributed by atoms with Gasteiger partial charge in [-0.2, -0.15) is 0 Å². The van der Waals surface area contributed by atoms with Crippen molar-refractivity contribution in [2.24, 2.45) is 4.74 Å². The summed E-state index contributed by atoms with van der Waals surface area (Å²) in [4.78, 5) is 13.9. The summed E-state index contributed by atoms with van der Waals surface area (Å²) in [6.45, 7) is 4.46. The van der Waals surface area contributed by atoms with Gasteiger partial charge in [-0.05, 0) is 30.5 Å². The molecule has 0 spiro atoms. The predicted molar refractivity (Wildman–Crippen MR) is 152 cm³/mol. The monoisotopic (exact) mass is 515 g/mol. The number of likely N-dealkylation sites (N-methyl/N-ethyl adjacent to an activating group) is 1. The van der Waals surface area contributed by atoms with E-state index in [9.17, 15) is 10.1 Å². The Morgan fingerprint density at radius 1 is 0.973 bits per heavy atom. The van der Waals surface area contributed by atoms with Gasteiger partial charge in [0, 0.05) is 41.0 Å². The van der Waals surface area contributed by atoms with Gasteiger partial charge in [-0.3, -0.25) is 10.1 Å². The molecule has 2 aliphatic rings. The number of fused-ring (bicyclic) bond motifs is 1. The van der Waals surface area contributed by atoms with Crippen LogP contribution in [0, 0.1) is 10.1 Å². The van der Waals surface area contributed by atoms with Crippen molar-refractivity contribution in [2.45, 2.75) is 57.5 Å². The summed E-state index contributed by atoms with van der Waals surface area (Å²) in [5.41, 5.74) is 3.58. The van der Waals surface area contributed by atoms with E-state index in [4.69, 9.17) is 9.27 Å². The Bertz CT molecular complexity index is 1380. The minimum Gasteiger partial charge on any atom is -0.347 e. The second-order valence-corrected chi connectivity index (χ2v) is 12.8. The first-order chi connectivity index (χ1) is 17.8. The largest absolute Gasteiger partial charge is 0.347 e. The highest BCUT2D eigenvalue weighted by Gasteiger charge is 2.41. The summed E-state index contributed by atoms with van der Waals surface area (Å²) in [6.07, 6.45) is 5.47. The van der Waals surface area contributed by atoms with Crippen LogP contribution in [0.4, 0.5) is 17.1 Å². The second-order valence-electron chi connectivity index (χ2n) is 10.4. The van der Waals surface area contributed by atoms with Crippen LogP contribution in [0.25, 0.3) is 0 Å². The lowest BCUT2D eigenvalue weighted by Gasteiger charge is -2.33. The molecular formula is C30H34N3O3P. The minimum atomic E-state index is -2.88. The first-order valence-corrected chi connectivity index (χ1v) is 14.7. The number of allylic oxidation sites excluding steroid dienone is 1. The molecule has 5 rings (SSSR count). The highest BCUT2D eigenvalue weighted by molar-refractivity contribution is 7.72. The van der Waals surface area contributed by atoms with Gasteiger partial charge in [0.1, 0.15) is 13.0 Å². The summed E-state index contributed by atoms with van der Waals surface area (Å²) < 4.78 is 12.4. The van der Waals surface area contributed by atoms with Crippen molar-refractivity contribution in [3.8, 4) is 0 Å². The predicted octanol–water partition coefficient (Wildman–Crippen LogP) is 8.29. The van der Waals surface area contributed by atoms with Crippen molar-refractivity contribution in [1.29, 1.82) is 0 Å². The second kappa shape index (κ2) is 10.3. The van der Waals surface area contributed by atoms with Crippen LogP contribution in [0.2, 0.25) is 0 Å². The minimum absolute atomic E-state index is 0.00391. The van der Waals surface area contributed by atoms with Crippen molar-refractivity contribution in [3.05, 3.63) is 106 Å². The molecule has 3 aromatic rings. The van der Waals surface area contributed by atoms with Gasteiger partial charge in [-0.25, -0.2) is 4.74 Å². The van der Waals surface area contributed by atoms with Gasteiger partial charge in [0.15, 0.2) is 0 Å². The average molecular weight is 516 g/mol. The van der Waals surface area contributed by atoms with Gasteiger partial charge in [0.2, 0.25) is 0 Å². The number of benzene rings is 3. The van der Waals surface area contributed by atoms with E-state index in [0.717, 1.165) is 42.4 Å². The molecule has 0 radical (unpaired) electrons. The average Bonchev–Trinajstić information content (AvgIpc) is 3.10. The molecule has 0 saturated heterocycles. The molecule has 192 valence electrons. The number of nitro groups is 1. The van der Waals surface area contributed by atoms with Gasteiger partial charge in [-0.1, -0.05) is 93.8 Å². The maximum absolute atomic E-state index is 12.0. The molecule has 1 unspecified atom stereocenters. The SMILES string of the molecule is CN1/C(=C\P(=Nc2ccccc2[N+](=O)[O-])(OC2CCCCC2)c2ccccc2)C(C)(C)c2ccccc21. The quantitative estimate of drug-likeness (QED) is 0.188. The van der Waals surface area contributed by atoms with Gasteiger partial charge < -0.3 is 9.42 Å². The number of hydrogen-bond acceptors (Lipinski definition) is 5. The highest BCUT2D eigenvalue weighted by Crippen LogP contribution is 2.60. The van der Waals surface area contributed by atoms with E-state index in [2.05, 4.69) is 68.0 Å². The zero-order valence-electron chi connectivity index (χ0n) is 21.7. The molecule has 1 atom stereocenters. The first-order valence-electron chi connectivity index (χ1n) is 13.0. The lowest BCUT2D eigenvalue weighted by Crippen LogP contribution is -2.25. The number of hydrogen-bond donors (Lipinski definition) is 0. The molecule has 7 heteroatoms. The smallest absolute Gasteiger partial charge is 0.294 e. The summed E-state index contributed by atoms with van der Waals surface area (Å²) in [5.74, 6) is 2.22. The third-order valence-electron chi connectivity index (χ3n) is 7.56. The fourth-order valence-corrected chi connectivity index (χ4v) is 8.71. The molecule has 1 saturated carbocycles. The Kier molecular flexibility index (Phi) is 7.06.